The Balaban J connectivity index is 2.47. The predicted octanol–water partition coefficient (Wildman–Crippen LogP) is 1.24. The molecule has 0 aliphatic carbocycles. The van der Waals surface area contributed by atoms with E-state index in [1.807, 2.05) is 31.2 Å². The number of aliphatic carboxylic acids is 1. The summed E-state index contributed by atoms with van der Waals surface area (Å²) < 4.78 is 0. The van der Waals surface area contributed by atoms with Crippen molar-refractivity contribution in [3.63, 3.8) is 0 Å². The number of rotatable bonds is 7. The van der Waals surface area contributed by atoms with Crippen molar-refractivity contribution in [1.82, 2.24) is 10.6 Å². The highest BCUT2D eigenvalue weighted by atomic mass is 16.4. The molecule has 0 saturated carbocycles. The number of benzene rings is 1. The molecule has 0 heterocycles. The number of nitrogens with one attached hydrogen (secondary N) is 2. The van der Waals surface area contributed by atoms with Crippen LogP contribution in [-0.2, 0) is 9.59 Å². The van der Waals surface area contributed by atoms with Gasteiger partial charge in [-0.2, -0.15) is 0 Å². The molecule has 5 nitrogen and oxygen atoms in total. The second-order valence-corrected chi connectivity index (χ2v) is 4.47. The van der Waals surface area contributed by atoms with Crippen LogP contribution >= 0.6 is 0 Å². The molecule has 1 unspecified atom stereocenters. The SMILES string of the molecule is CC(=O)NCCCNC(C(=O)O)c1ccc(C)cc1. The third kappa shape index (κ3) is 5.52. The van der Waals surface area contributed by atoms with Crippen LogP contribution < -0.4 is 10.6 Å². The first-order valence-electron chi connectivity index (χ1n) is 6.28. The second-order valence-electron chi connectivity index (χ2n) is 4.47. The Morgan fingerprint density at radius 1 is 1.21 bits per heavy atom. The van der Waals surface area contributed by atoms with Gasteiger partial charge in [0.15, 0.2) is 0 Å². The summed E-state index contributed by atoms with van der Waals surface area (Å²) in [6.07, 6.45) is 0.690. The van der Waals surface area contributed by atoms with Crippen LogP contribution in [0.25, 0.3) is 0 Å². The number of hydrogen-bond acceptors (Lipinski definition) is 3. The van der Waals surface area contributed by atoms with Crippen molar-refractivity contribution < 1.29 is 14.7 Å². The highest BCUT2D eigenvalue weighted by Crippen LogP contribution is 2.14. The summed E-state index contributed by atoms with van der Waals surface area (Å²) in [4.78, 5) is 21.9. The van der Waals surface area contributed by atoms with Crippen LogP contribution in [0.1, 0.15) is 30.5 Å². The minimum atomic E-state index is -0.900. The number of aryl methyl sites for hydroxylation is 1. The van der Waals surface area contributed by atoms with Gasteiger partial charge in [-0.05, 0) is 25.5 Å². The summed E-state index contributed by atoms with van der Waals surface area (Å²) >= 11 is 0. The molecule has 1 aromatic rings. The molecule has 104 valence electrons. The van der Waals surface area contributed by atoms with Gasteiger partial charge in [-0.3, -0.25) is 9.59 Å². The number of carbonyl (C=O) groups excluding carboxylic acids is 1. The number of hydrogen-bond donors (Lipinski definition) is 3. The summed E-state index contributed by atoms with van der Waals surface area (Å²) in [6.45, 7) is 4.49. The minimum Gasteiger partial charge on any atom is -0.480 e. The van der Waals surface area contributed by atoms with Crippen LogP contribution in [0, 0.1) is 6.92 Å². The smallest absolute Gasteiger partial charge is 0.325 e. The standard InChI is InChI=1S/C14H20N2O3/c1-10-4-6-12(7-5-10)13(14(18)19)16-9-3-8-15-11(2)17/h4-7,13,16H,3,8-9H2,1-2H3,(H,15,17)(H,18,19). The van der Waals surface area contributed by atoms with E-state index >= 15 is 0 Å². The molecule has 0 radical (unpaired) electrons. The summed E-state index contributed by atoms with van der Waals surface area (Å²) in [5.41, 5.74) is 1.83. The van der Waals surface area contributed by atoms with Gasteiger partial charge in [-0.15, -0.1) is 0 Å². The van der Waals surface area contributed by atoms with Gasteiger partial charge in [0.05, 0.1) is 0 Å². The van der Waals surface area contributed by atoms with Gasteiger partial charge in [-0.25, -0.2) is 0 Å². The van der Waals surface area contributed by atoms with E-state index in [4.69, 9.17) is 0 Å². The first-order chi connectivity index (χ1) is 9.00. The molecule has 1 amide bonds. The molecule has 0 aromatic heterocycles. The lowest BCUT2D eigenvalue weighted by molar-refractivity contribution is -0.139. The summed E-state index contributed by atoms with van der Waals surface area (Å²) in [6, 6.07) is 6.70. The van der Waals surface area contributed by atoms with Crippen molar-refractivity contribution in [2.45, 2.75) is 26.3 Å². The largest absolute Gasteiger partial charge is 0.480 e. The zero-order chi connectivity index (χ0) is 14.3. The third-order valence-electron chi connectivity index (χ3n) is 2.73. The lowest BCUT2D eigenvalue weighted by Crippen LogP contribution is -2.31. The molecule has 0 aliphatic rings. The number of carboxylic acids is 1. The van der Waals surface area contributed by atoms with E-state index in [0.29, 0.717) is 19.5 Å². The predicted molar refractivity (Wildman–Crippen MR) is 72.9 cm³/mol. The van der Waals surface area contributed by atoms with Crippen LogP contribution in [0.3, 0.4) is 0 Å². The van der Waals surface area contributed by atoms with Crippen LogP contribution in [-0.4, -0.2) is 30.1 Å². The molecule has 1 rings (SSSR count). The quantitative estimate of drug-likeness (QED) is 0.647. The topological polar surface area (TPSA) is 78.4 Å². The van der Waals surface area contributed by atoms with Crippen LogP contribution in [0.4, 0.5) is 0 Å². The first kappa shape index (κ1) is 15.2. The molecule has 0 spiro atoms. The molecule has 3 N–H and O–H groups in total. The molecule has 5 heteroatoms. The summed E-state index contributed by atoms with van der Waals surface area (Å²) in [5.74, 6) is -0.975. The van der Waals surface area contributed by atoms with E-state index in [2.05, 4.69) is 10.6 Å². The van der Waals surface area contributed by atoms with Gasteiger partial charge >= 0.3 is 5.97 Å². The highest BCUT2D eigenvalue weighted by Gasteiger charge is 2.18. The Morgan fingerprint density at radius 3 is 2.37 bits per heavy atom. The Kier molecular flexibility index (Phi) is 6.02. The lowest BCUT2D eigenvalue weighted by Gasteiger charge is -2.15. The zero-order valence-electron chi connectivity index (χ0n) is 11.3. The fourth-order valence-corrected chi connectivity index (χ4v) is 1.71. The number of carbonyl (C=O) groups is 2. The van der Waals surface area contributed by atoms with Gasteiger partial charge in [-0.1, -0.05) is 29.8 Å². The van der Waals surface area contributed by atoms with E-state index in [-0.39, 0.29) is 5.91 Å². The normalized spacial score (nSPS) is 11.9. The molecule has 19 heavy (non-hydrogen) atoms. The van der Waals surface area contributed by atoms with Crippen molar-refractivity contribution in [3.8, 4) is 0 Å². The lowest BCUT2D eigenvalue weighted by atomic mass is 10.1. The summed E-state index contributed by atoms with van der Waals surface area (Å²) in [7, 11) is 0. The van der Waals surface area contributed by atoms with Gasteiger partial charge in [0.2, 0.25) is 5.91 Å². The molecular formula is C14H20N2O3. The first-order valence-corrected chi connectivity index (χ1v) is 6.28. The van der Waals surface area contributed by atoms with Crippen molar-refractivity contribution in [2.75, 3.05) is 13.1 Å². The van der Waals surface area contributed by atoms with Crippen LogP contribution in [0.15, 0.2) is 24.3 Å². The van der Waals surface area contributed by atoms with E-state index in [0.717, 1.165) is 11.1 Å². The minimum absolute atomic E-state index is 0.0756. The van der Waals surface area contributed by atoms with E-state index in [1.54, 1.807) is 0 Å². The van der Waals surface area contributed by atoms with Crippen LogP contribution in [0.2, 0.25) is 0 Å². The summed E-state index contributed by atoms with van der Waals surface area (Å²) in [5, 5.41) is 14.9. The number of amides is 1. The van der Waals surface area contributed by atoms with Crippen molar-refractivity contribution in [3.05, 3.63) is 35.4 Å². The van der Waals surface area contributed by atoms with Crippen LogP contribution in [0.5, 0.6) is 0 Å². The monoisotopic (exact) mass is 264 g/mol. The maximum Gasteiger partial charge on any atom is 0.325 e. The molecule has 1 atom stereocenters. The molecule has 0 bridgehead atoms. The number of carboxylic acid groups (broad SMARTS) is 1. The highest BCUT2D eigenvalue weighted by molar-refractivity contribution is 5.75. The van der Waals surface area contributed by atoms with Gasteiger partial charge < -0.3 is 15.7 Å². The maximum absolute atomic E-state index is 11.2. The fourth-order valence-electron chi connectivity index (χ4n) is 1.71. The van der Waals surface area contributed by atoms with Crippen molar-refractivity contribution in [1.29, 1.82) is 0 Å². The fraction of sp³-hybridized carbons (Fsp3) is 0.429. The Labute approximate surface area is 113 Å². The van der Waals surface area contributed by atoms with Gasteiger partial charge in [0, 0.05) is 13.5 Å². The van der Waals surface area contributed by atoms with Crippen molar-refractivity contribution >= 4 is 11.9 Å². The molecule has 0 saturated heterocycles. The molecular weight excluding hydrogens is 244 g/mol. The van der Waals surface area contributed by atoms with Gasteiger partial charge in [0.25, 0.3) is 0 Å². The Hall–Kier alpha value is -1.88. The average molecular weight is 264 g/mol. The van der Waals surface area contributed by atoms with Crippen molar-refractivity contribution in [2.24, 2.45) is 0 Å². The molecule has 0 aliphatic heterocycles. The average Bonchev–Trinajstić information content (AvgIpc) is 2.34. The van der Waals surface area contributed by atoms with E-state index in [1.165, 1.54) is 6.92 Å². The second kappa shape index (κ2) is 7.53. The third-order valence-corrected chi connectivity index (χ3v) is 2.73. The van der Waals surface area contributed by atoms with E-state index in [9.17, 15) is 14.7 Å². The Bertz CT molecular complexity index is 429. The molecule has 1 aromatic carbocycles. The zero-order valence-corrected chi connectivity index (χ0v) is 11.3. The molecule has 0 fully saturated rings. The maximum atomic E-state index is 11.2. The van der Waals surface area contributed by atoms with E-state index < -0.39 is 12.0 Å². The van der Waals surface area contributed by atoms with Gasteiger partial charge in [0.1, 0.15) is 6.04 Å². The Morgan fingerprint density at radius 2 is 1.84 bits per heavy atom.